The predicted molar refractivity (Wildman–Crippen MR) is 104 cm³/mol. The summed E-state index contributed by atoms with van der Waals surface area (Å²) in [6.07, 6.45) is 5.35. The zero-order valence-corrected chi connectivity index (χ0v) is 15.5. The maximum atomic E-state index is 12.6. The van der Waals surface area contributed by atoms with Gasteiger partial charge in [0, 0.05) is 16.6 Å². The van der Waals surface area contributed by atoms with E-state index < -0.39 is 0 Å². The van der Waals surface area contributed by atoms with Crippen LogP contribution in [0.2, 0.25) is 0 Å². The lowest BCUT2D eigenvalue weighted by molar-refractivity contribution is -0.120. The Morgan fingerprint density at radius 1 is 1.42 bits per heavy atom. The molecular formula is C18H23N3OS2. The fourth-order valence-corrected chi connectivity index (χ4v) is 4.09. The smallest absolute Gasteiger partial charge is 0.241 e. The Bertz CT molecular complexity index is 643. The Kier molecular flexibility index (Phi) is 6.29. The lowest BCUT2D eigenvalue weighted by atomic mass is 10.1. The SMILES string of the molecule is CSCCCN1CCCC1C(=O)Nc1ccc(-c2cscn2)cc1. The fourth-order valence-electron chi connectivity index (χ4n) is 3.11. The summed E-state index contributed by atoms with van der Waals surface area (Å²) in [5, 5.41) is 5.10. The third kappa shape index (κ3) is 4.37. The molecule has 0 aliphatic carbocycles. The number of carbonyl (C=O) groups excluding carboxylic acids is 1. The number of hydrogen-bond acceptors (Lipinski definition) is 5. The van der Waals surface area contributed by atoms with E-state index in [2.05, 4.69) is 21.5 Å². The lowest BCUT2D eigenvalue weighted by Gasteiger charge is -2.23. The zero-order valence-electron chi connectivity index (χ0n) is 13.9. The molecule has 1 fully saturated rings. The number of nitrogens with zero attached hydrogens (tertiary/aromatic N) is 2. The minimum Gasteiger partial charge on any atom is -0.325 e. The quantitative estimate of drug-likeness (QED) is 0.758. The van der Waals surface area contributed by atoms with E-state index in [4.69, 9.17) is 0 Å². The van der Waals surface area contributed by atoms with Gasteiger partial charge < -0.3 is 5.32 Å². The molecule has 1 atom stereocenters. The van der Waals surface area contributed by atoms with Crippen LogP contribution in [0.25, 0.3) is 11.3 Å². The van der Waals surface area contributed by atoms with E-state index in [1.807, 2.05) is 46.9 Å². The molecule has 6 heteroatoms. The first kappa shape index (κ1) is 17.5. The van der Waals surface area contributed by atoms with Crippen molar-refractivity contribution in [1.29, 1.82) is 0 Å². The minimum atomic E-state index is 0.0186. The molecule has 128 valence electrons. The van der Waals surface area contributed by atoms with Gasteiger partial charge in [-0.15, -0.1) is 11.3 Å². The third-order valence-corrected chi connectivity index (χ3v) is 5.62. The van der Waals surface area contributed by atoms with Crippen LogP contribution >= 0.6 is 23.1 Å². The van der Waals surface area contributed by atoms with E-state index in [0.717, 1.165) is 55.0 Å². The average Bonchev–Trinajstić information content (AvgIpc) is 3.27. The third-order valence-electron chi connectivity index (χ3n) is 4.34. The number of anilines is 1. The van der Waals surface area contributed by atoms with Crippen molar-refractivity contribution in [2.45, 2.75) is 25.3 Å². The van der Waals surface area contributed by atoms with Crippen LogP contribution in [0.15, 0.2) is 35.2 Å². The van der Waals surface area contributed by atoms with Crippen molar-refractivity contribution in [3.63, 3.8) is 0 Å². The van der Waals surface area contributed by atoms with Crippen LogP contribution in [0.5, 0.6) is 0 Å². The molecule has 1 aromatic carbocycles. The number of likely N-dealkylation sites (tertiary alicyclic amines) is 1. The van der Waals surface area contributed by atoms with Gasteiger partial charge in [0.15, 0.2) is 0 Å². The van der Waals surface area contributed by atoms with E-state index in [9.17, 15) is 4.79 Å². The Labute approximate surface area is 151 Å². The van der Waals surface area contributed by atoms with Gasteiger partial charge in [-0.2, -0.15) is 11.8 Å². The van der Waals surface area contributed by atoms with E-state index >= 15 is 0 Å². The first-order valence-electron chi connectivity index (χ1n) is 8.30. The number of carbonyl (C=O) groups is 1. The predicted octanol–water partition coefficient (Wildman–Crippen LogP) is 3.97. The lowest BCUT2D eigenvalue weighted by Crippen LogP contribution is -2.40. The highest BCUT2D eigenvalue weighted by molar-refractivity contribution is 7.98. The normalized spacial score (nSPS) is 18.0. The summed E-state index contributed by atoms with van der Waals surface area (Å²) in [6, 6.07) is 7.95. The van der Waals surface area contributed by atoms with Gasteiger partial charge in [-0.3, -0.25) is 9.69 Å². The fraction of sp³-hybridized carbons (Fsp3) is 0.444. The van der Waals surface area contributed by atoms with Gasteiger partial charge in [0.25, 0.3) is 0 Å². The largest absolute Gasteiger partial charge is 0.325 e. The molecule has 0 bridgehead atoms. The Morgan fingerprint density at radius 3 is 2.96 bits per heavy atom. The number of thioether (sulfide) groups is 1. The molecule has 1 aliphatic rings. The van der Waals surface area contributed by atoms with Crippen molar-refractivity contribution in [3.05, 3.63) is 35.2 Å². The maximum absolute atomic E-state index is 12.6. The van der Waals surface area contributed by atoms with Crippen molar-refractivity contribution >= 4 is 34.7 Å². The number of benzene rings is 1. The van der Waals surface area contributed by atoms with Crippen molar-refractivity contribution < 1.29 is 4.79 Å². The molecule has 1 N–H and O–H groups in total. The summed E-state index contributed by atoms with van der Waals surface area (Å²) in [5.74, 6) is 1.28. The van der Waals surface area contributed by atoms with Crippen molar-refractivity contribution in [3.8, 4) is 11.3 Å². The molecule has 4 nitrogen and oxygen atoms in total. The highest BCUT2D eigenvalue weighted by atomic mass is 32.2. The maximum Gasteiger partial charge on any atom is 0.241 e. The summed E-state index contributed by atoms with van der Waals surface area (Å²) in [5.41, 5.74) is 4.74. The standard InChI is InChI=1S/C18H23N3OS2/c1-23-11-3-10-21-9-2-4-17(21)18(22)20-15-7-5-14(6-8-15)16-12-24-13-19-16/h5-8,12-13,17H,2-4,9-11H2,1H3,(H,20,22). The molecule has 0 radical (unpaired) electrons. The van der Waals surface area contributed by atoms with Crippen LogP contribution < -0.4 is 5.32 Å². The van der Waals surface area contributed by atoms with Crippen molar-refractivity contribution in [2.75, 3.05) is 30.4 Å². The monoisotopic (exact) mass is 361 g/mol. The first-order chi connectivity index (χ1) is 11.8. The summed E-state index contributed by atoms with van der Waals surface area (Å²) in [6.45, 7) is 2.05. The molecule has 1 unspecified atom stereocenters. The summed E-state index contributed by atoms with van der Waals surface area (Å²) < 4.78 is 0. The van der Waals surface area contributed by atoms with E-state index in [-0.39, 0.29) is 11.9 Å². The molecule has 1 aliphatic heterocycles. The van der Waals surface area contributed by atoms with Crippen LogP contribution in [0, 0.1) is 0 Å². The highest BCUT2D eigenvalue weighted by Gasteiger charge is 2.30. The second kappa shape index (κ2) is 8.65. The van der Waals surface area contributed by atoms with E-state index in [0.29, 0.717) is 0 Å². The molecule has 0 saturated carbocycles. The van der Waals surface area contributed by atoms with Gasteiger partial charge >= 0.3 is 0 Å². The number of thiazole rings is 1. The Hall–Kier alpha value is -1.37. The molecule has 2 aromatic rings. The molecule has 1 aromatic heterocycles. The molecule has 1 saturated heterocycles. The second-order valence-electron chi connectivity index (χ2n) is 5.98. The number of aromatic nitrogens is 1. The average molecular weight is 362 g/mol. The molecule has 0 spiro atoms. The summed E-state index contributed by atoms with van der Waals surface area (Å²) in [4.78, 5) is 19.2. The van der Waals surface area contributed by atoms with Crippen molar-refractivity contribution in [1.82, 2.24) is 9.88 Å². The second-order valence-corrected chi connectivity index (χ2v) is 7.68. The highest BCUT2D eigenvalue weighted by Crippen LogP contribution is 2.23. The van der Waals surface area contributed by atoms with Crippen molar-refractivity contribution in [2.24, 2.45) is 0 Å². The Balaban J connectivity index is 1.57. The van der Waals surface area contributed by atoms with Gasteiger partial charge in [0.1, 0.15) is 0 Å². The molecule has 24 heavy (non-hydrogen) atoms. The van der Waals surface area contributed by atoms with Crippen LogP contribution in [0.3, 0.4) is 0 Å². The van der Waals surface area contributed by atoms with Gasteiger partial charge in [0.2, 0.25) is 5.91 Å². The van der Waals surface area contributed by atoms with Crippen LogP contribution in [-0.4, -0.2) is 46.9 Å². The number of amides is 1. The minimum absolute atomic E-state index is 0.0186. The van der Waals surface area contributed by atoms with Crippen LogP contribution in [0.1, 0.15) is 19.3 Å². The number of hydrogen-bond donors (Lipinski definition) is 1. The molecule has 3 rings (SSSR count). The number of nitrogens with one attached hydrogen (secondary N) is 1. The van der Waals surface area contributed by atoms with E-state index in [1.165, 1.54) is 0 Å². The zero-order chi connectivity index (χ0) is 16.8. The summed E-state index contributed by atoms with van der Waals surface area (Å²) in [7, 11) is 0. The van der Waals surface area contributed by atoms with Gasteiger partial charge in [-0.1, -0.05) is 12.1 Å². The molecule has 2 heterocycles. The van der Waals surface area contributed by atoms with Gasteiger partial charge in [-0.25, -0.2) is 4.98 Å². The molecule has 1 amide bonds. The van der Waals surface area contributed by atoms with Crippen LogP contribution in [-0.2, 0) is 4.79 Å². The van der Waals surface area contributed by atoms with Gasteiger partial charge in [0.05, 0.1) is 17.2 Å². The Morgan fingerprint density at radius 2 is 2.25 bits per heavy atom. The van der Waals surface area contributed by atoms with Crippen LogP contribution in [0.4, 0.5) is 5.69 Å². The topological polar surface area (TPSA) is 45.2 Å². The molecular weight excluding hydrogens is 338 g/mol. The first-order valence-corrected chi connectivity index (χ1v) is 10.6. The van der Waals surface area contributed by atoms with E-state index in [1.54, 1.807) is 11.3 Å². The number of rotatable bonds is 7. The summed E-state index contributed by atoms with van der Waals surface area (Å²) >= 11 is 3.45. The van der Waals surface area contributed by atoms with Gasteiger partial charge in [-0.05, 0) is 56.5 Å².